The zero-order chi connectivity index (χ0) is 26.8. The quantitative estimate of drug-likeness (QED) is 0.169. The monoisotopic (exact) mass is 496 g/mol. The Balaban J connectivity index is 0.000000517. The zero-order valence-corrected chi connectivity index (χ0v) is 19.9. The summed E-state index contributed by atoms with van der Waals surface area (Å²) < 4.78 is 0. The molecule has 0 aliphatic carbocycles. The van der Waals surface area contributed by atoms with Crippen LogP contribution in [0.4, 0.5) is 0 Å². The Morgan fingerprint density at radius 3 is 1.63 bits per heavy atom. The van der Waals surface area contributed by atoms with E-state index < -0.39 is 36.0 Å². The third-order valence-electron chi connectivity index (χ3n) is 5.00. The predicted octanol–water partition coefficient (Wildman–Crippen LogP) is 0.177. The van der Waals surface area contributed by atoms with Crippen molar-refractivity contribution in [2.45, 2.75) is 63.1 Å². The van der Waals surface area contributed by atoms with Gasteiger partial charge in [0.2, 0.25) is 0 Å². The maximum Gasteiger partial charge on any atom is 0.320 e. The molecule has 1 aromatic carbocycles. The molecular formula is C23H40N6O6. The number of hydrogen-bond acceptors (Lipinski definition) is 8. The van der Waals surface area contributed by atoms with Gasteiger partial charge in [0.25, 0.3) is 0 Å². The smallest absolute Gasteiger partial charge is 0.320 e. The molecule has 3 atom stereocenters. The summed E-state index contributed by atoms with van der Waals surface area (Å²) in [7, 11) is 0. The number of H-pyrrole nitrogens is 1. The molecule has 2 rings (SSSR count). The van der Waals surface area contributed by atoms with E-state index in [0.717, 1.165) is 42.1 Å². The first-order valence-corrected chi connectivity index (χ1v) is 11.4. The number of rotatable bonds is 13. The summed E-state index contributed by atoms with van der Waals surface area (Å²) in [6.07, 6.45) is 6.49. The molecule has 3 unspecified atom stereocenters. The van der Waals surface area contributed by atoms with E-state index in [9.17, 15) is 14.4 Å². The van der Waals surface area contributed by atoms with Crippen LogP contribution in [0.3, 0.4) is 0 Å². The number of carbonyl (C=O) groups is 3. The lowest BCUT2D eigenvalue weighted by Gasteiger charge is -2.04. The minimum atomic E-state index is -0.972. The van der Waals surface area contributed by atoms with Crippen LogP contribution in [0, 0.1) is 0 Å². The number of nitrogens with two attached hydrogens (primary N) is 5. The van der Waals surface area contributed by atoms with Gasteiger partial charge < -0.3 is 49.0 Å². The molecule has 12 heteroatoms. The van der Waals surface area contributed by atoms with Crippen LogP contribution in [-0.4, -0.2) is 69.4 Å². The Morgan fingerprint density at radius 2 is 1.20 bits per heavy atom. The number of fused-ring (bicyclic) bond motifs is 1. The highest BCUT2D eigenvalue weighted by Crippen LogP contribution is 2.18. The molecule has 2 aromatic rings. The maximum atomic E-state index is 10.6. The molecule has 0 aliphatic heterocycles. The first-order chi connectivity index (χ1) is 16.5. The third kappa shape index (κ3) is 14.1. The number of aromatic amines is 1. The first-order valence-electron chi connectivity index (χ1n) is 11.4. The Kier molecular flexibility index (Phi) is 16.7. The van der Waals surface area contributed by atoms with Gasteiger partial charge >= 0.3 is 17.9 Å². The number of para-hydroxylation sites is 1. The molecule has 198 valence electrons. The zero-order valence-electron chi connectivity index (χ0n) is 19.9. The number of aliphatic carboxylic acids is 3. The lowest BCUT2D eigenvalue weighted by atomic mass is 10.1. The fourth-order valence-electron chi connectivity index (χ4n) is 2.89. The average Bonchev–Trinajstić information content (AvgIpc) is 3.22. The number of carboxylic acid groups (broad SMARTS) is 3. The Hall–Kier alpha value is -3.03. The summed E-state index contributed by atoms with van der Waals surface area (Å²) in [5.74, 6) is -2.84. The normalized spacial score (nSPS) is 12.9. The van der Waals surface area contributed by atoms with Crippen LogP contribution >= 0.6 is 0 Å². The molecular weight excluding hydrogens is 456 g/mol. The second kappa shape index (κ2) is 18.3. The van der Waals surface area contributed by atoms with Gasteiger partial charge in [0, 0.05) is 23.5 Å². The van der Waals surface area contributed by atoms with E-state index in [1.165, 1.54) is 0 Å². The number of hydrogen-bond donors (Lipinski definition) is 9. The lowest BCUT2D eigenvalue weighted by molar-refractivity contribution is -0.139. The summed E-state index contributed by atoms with van der Waals surface area (Å²) >= 11 is 0. The summed E-state index contributed by atoms with van der Waals surface area (Å²) in [5, 5.41) is 26.4. The molecule has 0 bridgehead atoms. The number of unbranched alkanes of at least 4 members (excludes halogenated alkanes) is 2. The molecule has 0 amide bonds. The van der Waals surface area contributed by atoms with Crippen LogP contribution in [0.25, 0.3) is 10.9 Å². The Morgan fingerprint density at radius 1 is 0.743 bits per heavy atom. The van der Waals surface area contributed by atoms with E-state index in [0.29, 0.717) is 32.4 Å². The maximum absolute atomic E-state index is 10.6. The fourth-order valence-corrected chi connectivity index (χ4v) is 2.89. The van der Waals surface area contributed by atoms with E-state index in [-0.39, 0.29) is 0 Å². The van der Waals surface area contributed by atoms with Crippen LogP contribution in [-0.2, 0) is 20.8 Å². The molecule has 12 nitrogen and oxygen atoms in total. The lowest BCUT2D eigenvalue weighted by Crippen LogP contribution is -2.32. The summed E-state index contributed by atoms with van der Waals surface area (Å²) in [4.78, 5) is 34.0. The average molecular weight is 497 g/mol. The Bertz CT molecular complexity index is 864. The summed E-state index contributed by atoms with van der Waals surface area (Å²) in [5.41, 5.74) is 28.3. The molecule has 14 N–H and O–H groups in total. The van der Waals surface area contributed by atoms with E-state index in [2.05, 4.69) is 4.98 Å². The van der Waals surface area contributed by atoms with Crippen molar-refractivity contribution < 1.29 is 29.7 Å². The second-order valence-corrected chi connectivity index (χ2v) is 7.97. The number of carboxylic acids is 3. The molecule has 35 heavy (non-hydrogen) atoms. The predicted molar refractivity (Wildman–Crippen MR) is 135 cm³/mol. The van der Waals surface area contributed by atoms with E-state index in [1.807, 2.05) is 30.5 Å². The van der Waals surface area contributed by atoms with Crippen molar-refractivity contribution in [1.29, 1.82) is 0 Å². The van der Waals surface area contributed by atoms with Gasteiger partial charge in [0.05, 0.1) is 0 Å². The molecule has 0 saturated heterocycles. The van der Waals surface area contributed by atoms with E-state index in [4.69, 9.17) is 44.0 Å². The van der Waals surface area contributed by atoms with Crippen molar-refractivity contribution in [2.75, 3.05) is 13.1 Å². The van der Waals surface area contributed by atoms with Crippen molar-refractivity contribution in [1.82, 2.24) is 4.98 Å². The highest BCUT2D eigenvalue weighted by molar-refractivity contribution is 5.84. The van der Waals surface area contributed by atoms with Crippen molar-refractivity contribution in [3.8, 4) is 0 Å². The van der Waals surface area contributed by atoms with Gasteiger partial charge in [-0.1, -0.05) is 31.0 Å². The van der Waals surface area contributed by atoms with Crippen LogP contribution in [0.1, 0.15) is 44.1 Å². The molecule has 0 aliphatic rings. The topological polar surface area (TPSA) is 258 Å². The van der Waals surface area contributed by atoms with Crippen LogP contribution in [0.5, 0.6) is 0 Å². The third-order valence-corrected chi connectivity index (χ3v) is 5.00. The van der Waals surface area contributed by atoms with Gasteiger partial charge in [-0.3, -0.25) is 14.4 Å². The second-order valence-electron chi connectivity index (χ2n) is 7.97. The Labute approximate surface area is 204 Å². The van der Waals surface area contributed by atoms with Crippen LogP contribution in [0.15, 0.2) is 30.5 Å². The molecule has 1 heterocycles. The fraction of sp³-hybridized carbons (Fsp3) is 0.522. The molecule has 0 fully saturated rings. The summed E-state index contributed by atoms with van der Waals surface area (Å²) in [6.45, 7) is 1.21. The summed E-state index contributed by atoms with van der Waals surface area (Å²) in [6, 6.07) is 5.48. The molecule has 0 spiro atoms. The minimum absolute atomic E-state index is 0.347. The highest BCUT2D eigenvalue weighted by Gasteiger charge is 2.14. The number of aromatic nitrogens is 1. The van der Waals surface area contributed by atoms with Gasteiger partial charge in [-0.25, -0.2) is 0 Å². The van der Waals surface area contributed by atoms with Gasteiger partial charge in [0.15, 0.2) is 0 Å². The largest absolute Gasteiger partial charge is 0.480 e. The van der Waals surface area contributed by atoms with Crippen molar-refractivity contribution >= 4 is 28.8 Å². The minimum Gasteiger partial charge on any atom is -0.480 e. The molecule has 1 aromatic heterocycles. The standard InChI is InChI=1S/C11H12N2O2.2C6H14N2O2/c12-9(11(14)15)5-7-6-13-10-4-2-1-3-8(7)10;2*7-4-2-1-3-5(8)6(9)10/h1-4,6,9,13H,5,12H2,(H,14,15);2*5H,1-4,7-8H2,(H,9,10). The first kappa shape index (κ1) is 32.0. The van der Waals surface area contributed by atoms with Gasteiger partial charge in [-0.05, 0) is 50.4 Å². The number of nitrogens with one attached hydrogen (secondary N) is 1. The van der Waals surface area contributed by atoms with Gasteiger partial charge in [-0.15, -0.1) is 0 Å². The van der Waals surface area contributed by atoms with Crippen LogP contribution in [0.2, 0.25) is 0 Å². The van der Waals surface area contributed by atoms with Crippen molar-refractivity contribution in [2.24, 2.45) is 28.7 Å². The SMILES string of the molecule is NC(Cc1c[nH]c2ccccc12)C(=O)O.NCCCCC(N)C(=O)O.NCCCCC(N)C(=O)O. The van der Waals surface area contributed by atoms with E-state index >= 15 is 0 Å². The van der Waals surface area contributed by atoms with Gasteiger partial charge in [-0.2, -0.15) is 0 Å². The van der Waals surface area contributed by atoms with Crippen LogP contribution < -0.4 is 28.7 Å². The highest BCUT2D eigenvalue weighted by atomic mass is 16.4. The van der Waals surface area contributed by atoms with Crippen molar-refractivity contribution in [3.63, 3.8) is 0 Å². The molecule has 0 radical (unpaired) electrons. The van der Waals surface area contributed by atoms with Gasteiger partial charge in [0.1, 0.15) is 18.1 Å². The molecule has 0 saturated carbocycles. The van der Waals surface area contributed by atoms with Crippen molar-refractivity contribution in [3.05, 3.63) is 36.0 Å². The number of benzene rings is 1. The van der Waals surface area contributed by atoms with E-state index in [1.54, 1.807) is 0 Å².